The van der Waals surface area contributed by atoms with E-state index in [0.29, 0.717) is 6.04 Å². The minimum atomic E-state index is -3.75. The SMILES string of the molecule is CC(NC(=O)CSc1nnc(-c2c[nH]c3ccccc23)n1C1CC1)c1ccc(S(N)(=O)=O)cc1. The van der Waals surface area contributed by atoms with Crippen LogP contribution in [0.4, 0.5) is 0 Å². The third-order valence-electron chi connectivity index (χ3n) is 5.83. The second-order valence-electron chi connectivity index (χ2n) is 8.35. The Labute approximate surface area is 201 Å². The summed E-state index contributed by atoms with van der Waals surface area (Å²) in [5.41, 5.74) is 2.83. The van der Waals surface area contributed by atoms with Crippen LogP contribution in [0.15, 0.2) is 64.8 Å². The molecule has 9 nitrogen and oxygen atoms in total. The van der Waals surface area contributed by atoms with E-state index in [0.717, 1.165) is 45.9 Å². The molecule has 11 heteroatoms. The van der Waals surface area contributed by atoms with Crippen molar-refractivity contribution in [2.24, 2.45) is 5.14 Å². The number of thioether (sulfide) groups is 1. The highest BCUT2D eigenvalue weighted by molar-refractivity contribution is 7.99. The molecule has 4 aromatic rings. The van der Waals surface area contributed by atoms with Gasteiger partial charge in [0.1, 0.15) is 0 Å². The minimum Gasteiger partial charge on any atom is -0.360 e. The number of rotatable bonds is 8. The van der Waals surface area contributed by atoms with Crippen molar-refractivity contribution in [3.63, 3.8) is 0 Å². The molecule has 0 saturated heterocycles. The van der Waals surface area contributed by atoms with E-state index in [1.807, 2.05) is 31.3 Å². The summed E-state index contributed by atoms with van der Waals surface area (Å²) in [6, 6.07) is 14.3. The largest absolute Gasteiger partial charge is 0.360 e. The zero-order valence-corrected chi connectivity index (χ0v) is 20.1. The molecular weight excluding hydrogens is 472 g/mol. The average molecular weight is 497 g/mol. The fraction of sp³-hybridized carbons (Fsp3) is 0.261. The maximum Gasteiger partial charge on any atom is 0.238 e. The Balaban J connectivity index is 1.28. The number of primary sulfonamides is 1. The number of carbonyl (C=O) groups excluding carboxylic acids is 1. The van der Waals surface area contributed by atoms with Crippen molar-refractivity contribution in [3.8, 4) is 11.4 Å². The molecule has 1 saturated carbocycles. The fourth-order valence-corrected chi connectivity index (χ4v) is 5.25. The van der Waals surface area contributed by atoms with Crippen LogP contribution in [0.25, 0.3) is 22.3 Å². The predicted molar refractivity (Wildman–Crippen MR) is 131 cm³/mol. The molecule has 1 aliphatic carbocycles. The highest BCUT2D eigenvalue weighted by Gasteiger charge is 2.31. The highest BCUT2D eigenvalue weighted by Crippen LogP contribution is 2.42. The molecule has 0 radical (unpaired) electrons. The lowest BCUT2D eigenvalue weighted by Crippen LogP contribution is -2.28. The summed E-state index contributed by atoms with van der Waals surface area (Å²) in [7, 11) is -3.75. The molecule has 1 amide bonds. The van der Waals surface area contributed by atoms with Gasteiger partial charge in [0, 0.05) is 28.7 Å². The van der Waals surface area contributed by atoms with Crippen LogP contribution in [0.3, 0.4) is 0 Å². The molecule has 2 aromatic heterocycles. The molecule has 34 heavy (non-hydrogen) atoms. The van der Waals surface area contributed by atoms with Gasteiger partial charge in [0.25, 0.3) is 0 Å². The number of nitrogens with two attached hydrogens (primary N) is 1. The Kier molecular flexibility index (Phi) is 5.92. The van der Waals surface area contributed by atoms with E-state index in [1.165, 1.54) is 23.9 Å². The quantitative estimate of drug-likeness (QED) is 0.320. The normalized spacial score (nSPS) is 14.9. The van der Waals surface area contributed by atoms with Gasteiger partial charge in [-0.05, 0) is 43.5 Å². The summed E-state index contributed by atoms with van der Waals surface area (Å²) in [5, 5.41) is 18.8. The van der Waals surface area contributed by atoms with Gasteiger partial charge in [-0.1, -0.05) is 42.1 Å². The van der Waals surface area contributed by atoms with Gasteiger partial charge in [-0.2, -0.15) is 0 Å². The van der Waals surface area contributed by atoms with Crippen molar-refractivity contribution < 1.29 is 13.2 Å². The third-order valence-corrected chi connectivity index (χ3v) is 7.70. The Morgan fingerprint density at radius 2 is 1.94 bits per heavy atom. The Morgan fingerprint density at radius 3 is 2.65 bits per heavy atom. The molecule has 2 aromatic carbocycles. The molecule has 1 fully saturated rings. The number of aromatic amines is 1. The molecule has 5 rings (SSSR count). The van der Waals surface area contributed by atoms with Gasteiger partial charge >= 0.3 is 0 Å². The topological polar surface area (TPSA) is 136 Å². The number of aromatic nitrogens is 4. The summed E-state index contributed by atoms with van der Waals surface area (Å²) in [6.07, 6.45) is 4.09. The van der Waals surface area contributed by atoms with E-state index in [-0.39, 0.29) is 22.6 Å². The van der Waals surface area contributed by atoms with Gasteiger partial charge in [-0.3, -0.25) is 9.36 Å². The highest BCUT2D eigenvalue weighted by atomic mass is 32.2. The standard InChI is InChI=1S/C23H24N6O3S2/c1-14(15-6-10-17(11-7-15)34(24,31)32)26-21(30)13-33-23-28-27-22(29(23)16-8-9-16)19-12-25-20-5-3-2-4-18(19)20/h2-7,10-12,14,16,25H,8-9,13H2,1H3,(H,26,30)(H2,24,31,32). The van der Waals surface area contributed by atoms with Crippen LogP contribution in [0.2, 0.25) is 0 Å². The van der Waals surface area contributed by atoms with Crippen LogP contribution in [0.1, 0.15) is 37.4 Å². The number of carbonyl (C=O) groups is 1. The van der Waals surface area contributed by atoms with E-state index >= 15 is 0 Å². The lowest BCUT2D eigenvalue weighted by Gasteiger charge is -2.15. The molecule has 0 spiro atoms. The fourth-order valence-electron chi connectivity index (χ4n) is 3.92. The van der Waals surface area contributed by atoms with Gasteiger partial charge in [0.15, 0.2) is 11.0 Å². The first-order valence-electron chi connectivity index (χ1n) is 10.9. The van der Waals surface area contributed by atoms with Crippen LogP contribution in [-0.2, 0) is 14.8 Å². The first kappa shape index (κ1) is 22.6. The first-order valence-corrected chi connectivity index (χ1v) is 13.4. The number of nitrogens with zero attached hydrogens (tertiary/aromatic N) is 3. The Bertz CT molecular complexity index is 1460. The predicted octanol–water partition coefficient (Wildman–Crippen LogP) is 3.38. The van der Waals surface area contributed by atoms with Crippen molar-refractivity contribution in [2.75, 3.05) is 5.75 Å². The summed E-state index contributed by atoms with van der Waals surface area (Å²) < 4.78 is 25.0. The first-order chi connectivity index (χ1) is 16.3. The number of sulfonamides is 1. The number of para-hydroxylation sites is 1. The van der Waals surface area contributed by atoms with Crippen LogP contribution in [0.5, 0.6) is 0 Å². The molecule has 0 aliphatic heterocycles. The maximum atomic E-state index is 12.6. The van der Waals surface area contributed by atoms with Gasteiger partial charge in [0.2, 0.25) is 15.9 Å². The van der Waals surface area contributed by atoms with Gasteiger partial charge in [0.05, 0.1) is 16.7 Å². The van der Waals surface area contributed by atoms with Crippen LogP contribution in [-0.4, -0.2) is 39.8 Å². The number of nitrogens with one attached hydrogen (secondary N) is 2. The number of fused-ring (bicyclic) bond motifs is 1. The van der Waals surface area contributed by atoms with E-state index in [4.69, 9.17) is 5.14 Å². The van der Waals surface area contributed by atoms with Crippen molar-refractivity contribution >= 4 is 38.6 Å². The van der Waals surface area contributed by atoms with Crippen LogP contribution >= 0.6 is 11.8 Å². The summed E-state index contributed by atoms with van der Waals surface area (Å²) in [5.74, 6) is 0.858. The molecule has 1 unspecified atom stereocenters. The van der Waals surface area contributed by atoms with Gasteiger partial charge in [-0.15, -0.1) is 10.2 Å². The third kappa shape index (κ3) is 4.59. The number of hydrogen-bond donors (Lipinski definition) is 3. The molecule has 4 N–H and O–H groups in total. The maximum absolute atomic E-state index is 12.6. The molecular formula is C23H24N6O3S2. The number of benzene rings is 2. The summed E-state index contributed by atoms with van der Waals surface area (Å²) in [4.78, 5) is 15.9. The number of H-pyrrole nitrogens is 1. The van der Waals surface area contributed by atoms with Crippen molar-refractivity contribution in [1.82, 2.24) is 25.1 Å². The lowest BCUT2D eigenvalue weighted by atomic mass is 10.1. The summed E-state index contributed by atoms with van der Waals surface area (Å²) in [6.45, 7) is 1.84. The lowest BCUT2D eigenvalue weighted by molar-refractivity contribution is -0.119. The zero-order chi connectivity index (χ0) is 23.9. The smallest absolute Gasteiger partial charge is 0.238 e. The Morgan fingerprint density at radius 1 is 1.21 bits per heavy atom. The van der Waals surface area contributed by atoms with Crippen molar-refractivity contribution in [2.45, 2.75) is 41.9 Å². The molecule has 2 heterocycles. The van der Waals surface area contributed by atoms with Crippen LogP contribution < -0.4 is 10.5 Å². The van der Waals surface area contributed by atoms with E-state index in [2.05, 4.69) is 31.1 Å². The number of hydrogen-bond acceptors (Lipinski definition) is 6. The molecule has 176 valence electrons. The second kappa shape index (κ2) is 8.90. The van der Waals surface area contributed by atoms with E-state index in [1.54, 1.807) is 12.1 Å². The van der Waals surface area contributed by atoms with Crippen molar-refractivity contribution in [1.29, 1.82) is 0 Å². The van der Waals surface area contributed by atoms with E-state index in [9.17, 15) is 13.2 Å². The van der Waals surface area contributed by atoms with Crippen molar-refractivity contribution in [3.05, 3.63) is 60.3 Å². The zero-order valence-electron chi connectivity index (χ0n) is 18.4. The summed E-state index contributed by atoms with van der Waals surface area (Å²) >= 11 is 1.36. The van der Waals surface area contributed by atoms with E-state index < -0.39 is 10.0 Å². The average Bonchev–Trinajstić information content (AvgIpc) is 3.43. The van der Waals surface area contributed by atoms with Gasteiger partial charge in [-0.25, -0.2) is 13.6 Å². The minimum absolute atomic E-state index is 0.0377. The molecule has 0 bridgehead atoms. The van der Waals surface area contributed by atoms with Crippen LogP contribution in [0, 0.1) is 0 Å². The number of amides is 1. The second-order valence-corrected chi connectivity index (χ2v) is 10.9. The van der Waals surface area contributed by atoms with Gasteiger partial charge < -0.3 is 10.3 Å². The Hall–Kier alpha value is -3.15. The molecule has 1 atom stereocenters. The molecule has 1 aliphatic rings. The monoisotopic (exact) mass is 496 g/mol.